The summed E-state index contributed by atoms with van der Waals surface area (Å²) < 4.78 is 5.98. The molecular weight excluding hydrogens is 422 g/mol. The fourth-order valence-electron chi connectivity index (χ4n) is 4.26. The van der Waals surface area contributed by atoms with Gasteiger partial charge in [-0.15, -0.1) is 0 Å². The Labute approximate surface area is 191 Å². The van der Waals surface area contributed by atoms with Crippen molar-refractivity contribution in [2.75, 3.05) is 26.4 Å². The summed E-state index contributed by atoms with van der Waals surface area (Å²) in [6, 6.07) is 15.4. The third kappa shape index (κ3) is 4.80. The van der Waals surface area contributed by atoms with Crippen molar-refractivity contribution in [3.8, 4) is 29.0 Å². The molecule has 2 aliphatic heterocycles. The van der Waals surface area contributed by atoms with Gasteiger partial charge in [0, 0.05) is 18.2 Å². The highest BCUT2D eigenvalue weighted by molar-refractivity contribution is 5.90. The summed E-state index contributed by atoms with van der Waals surface area (Å²) in [5, 5.41) is 34.2. The summed E-state index contributed by atoms with van der Waals surface area (Å²) in [5.74, 6) is -0.771. The predicted molar refractivity (Wildman–Crippen MR) is 118 cm³/mol. The van der Waals surface area contributed by atoms with Crippen molar-refractivity contribution < 1.29 is 19.4 Å². The standard InChI is InChI=1S/C24H23N5O4/c25-11-15-4-5-22(19(8-15)16-2-1-3-17(9-16)24(31)32)33-7-6-29-14-28-21-13-27-18(12-26)10-20(21)23(29)30/h1-5,8-9,18,20-21,27-28H,6-7,10,13-14H2,(H,31,32). The molecule has 0 radical (unpaired) electrons. The Morgan fingerprint density at radius 3 is 2.82 bits per heavy atom. The number of carboxylic acids is 1. The van der Waals surface area contributed by atoms with Crippen LogP contribution in [0.3, 0.4) is 0 Å². The van der Waals surface area contributed by atoms with Gasteiger partial charge in [0.1, 0.15) is 12.4 Å². The molecule has 0 spiro atoms. The first-order valence-corrected chi connectivity index (χ1v) is 10.7. The lowest BCUT2D eigenvalue weighted by Gasteiger charge is -2.42. The van der Waals surface area contributed by atoms with Crippen molar-refractivity contribution in [2.24, 2.45) is 5.92 Å². The number of hydrogen-bond acceptors (Lipinski definition) is 7. The zero-order valence-electron chi connectivity index (χ0n) is 17.8. The van der Waals surface area contributed by atoms with Gasteiger partial charge in [0.15, 0.2) is 0 Å². The number of amides is 1. The molecule has 9 nitrogen and oxygen atoms in total. The SMILES string of the molecule is N#Cc1ccc(OCCN2CNC3CNC(C#N)CC3C2=O)c(-c2cccc(C(=O)O)c2)c1. The molecule has 0 saturated carbocycles. The van der Waals surface area contributed by atoms with Crippen LogP contribution in [0.4, 0.5) is 0 Å². The van der Waals surface area contributed by atoms with Crippen LogP contribution in [0.25, 0.3) is 11.1 Å². The number of benzene rings is 2. The zero-order chi connectivity index (χ0) is 23.4. The second-order valence-corrected chi connectivity index (χ2v) is 8.06. The molecule has 2 aromatic rings. The van der Waals surface area contributed by atoms with Gasteiger partial charge in [-0.2, -0.15) is 10.5 Å². The molecule has 2 saturated heterocycles. The second kappa shape index (κ2) is 9.70. The van der Waals surface area contributed by atoms with E-state index in [2.05, 4.69) is 22.8 Å². The number of carbonyl (C=O) groups excluding carboxylic acids is 1. The van der Waals surface area contributed by atoms with Gasteiger partial charge in [0.05, 0.1) is 48.4 Å². The number of aromatic carboxylic acids is 1. The zero-order valence-corrected chi connectivity index (χ0v) is 17.8. The number of hydrogen-bond donors (Lipinski definition) is 3. The molecule has 3 atom stereocenters. The van der Waals surface area contributed by atoms with Crippen molar-refractivity contribution >= 4 is 11.9 Å². The molecule has 2 aliphatic rings. The van der Waals surface area contributed by atoms with Gasteiger partial charge in [0.2, 0.25) is 5.91 Å². The number of nitrogens with zero attached hydrogens (tertiary/aromatic N) is 3. The lowest BCUT2D eigenvalue weighted by molar-refractivity contribution is -0.142. The maximum Gasteiger partial charge on any atom is 0.335 e. The van der Waals surface area contributed by atoms with Crippen molar-refractivity contribution in [1.29, 1.82) is 10.5 Å². The van der Waals surface area contributed by atoms with Gasteiger partial charge in [-0.3, -0.25) is 10.1 Å². The molecule has 2 aromatic carbocycles. The van der Waals surface area contributed by atoms with Gasteiger partial charge in [-0.1, -0.05) is 12.1 Å². The van der Waals surface area contributed by atoms with E-state index in [4.69, 9.17) is 4.74 Å². The van der Waals surface area contributed by atoms with Gasteiger partial charge >= 0.3 is 5.97 Å². The Morgan fingerprint density at radius 1 is 1.21 bits per heavy atom. The van der Waals surface area contributed by atoms with Crippen LogP contribution in [0.15, 0.2) is 42.5 Å². The molecule has 2 heterocycles. The van der Waals surface area contributed by atoms with E-state index in [1.165, 1.54) is 12.1 Å². The summed E-state index contributed by atoms with van der Waals surface area (Å²) >= 11 is 0. The predicted octanol–water partition coefficient (Wildman–Crippen LogP) is 1.56. The highest BCUT2D eigenvalue weighted by atomic mass is 16.5. The highest BCUT2D eigenvalue weighted by Crippen LogP contribution is 2.32. The van der Waals surface area contributed by atoms with Crippen molar-refractivity contribution in [3.63, 3.8) is 0 Å². The Morgan fingerprint density at radius 2 is 2.06 bits per heavy atom. The van der Waals surface area contributed by atoms with Gasteiger partial charge in [-0.05, 0) is 42.3 Å². The molecule has 3 N–H and O–H groups in total. The van der Waals surface area contributed by atoms with E-state index in [1.807, 2.05) is 0 Å². The molecule has 0 aliphatic carbocycles. The Hall–Kier alpha value is -3.92. The lowest BCUT2D eigenvalue weighted by atomic mass is 9.86. The first kappa shape index (κ1) is 22.3. The topological polar surface area (TPSA) is 138 Å². The number of carbonyl (C=O) groups is 2. The molecule has 2 fully saturated rings. The van der Waals surface area contributed by atoms with Crippen LogP contribution in [0.5, 0.6) is 5.75 Å². The number of ether oxygens (including phenoxy) is 1. The number of carboxylic acid groups (broad SMARTS) is 1. The van der Waals surface area contributed by atoms with E-state index >= 15 is 0 Å². The van der Waals surface area contributed by atoms with E-state index in [-0.39, 0.29) is 36.1 Å². The van der Waals surface area contributed by atoms with Gasteiger partial charge in [-0.25, -0.2) is 4.79 Å². The molecule has 0 aromatic heterocycles. The monoisotopic (exact) mass is 445 g/mol. The van der Waals surface area contributed by atoms with Crippen LogP contribution in [0.2, 0.25) is 0 Å². The van der Waals surface area contributed by atoms with Crippen molar-refractivity contribution in [2.45, 2.75) is 18.5 Å². The molecule has 4 rings (SSSR count). The first-order valence-electron chi connectivity index (χ1n) is 10.7. The summed E-state index contributed by atoms with van der Waals surface area (Å²) in [4.78, 5) is 26.0. The molecule has 3 unspecified atom stereocenters. The van der Waals surface area contributed by atoms with E-state index in [0.717, 1.165) is 0 Å². The van der Waals surface area contributed by atoms with Crippen LogP contribution >= 0.6 is 0 Å². The van der Waals surface area contributed by atoms with E-state index in [1.54, 1.807) is 35.2 Å². The van der Waals surface area contributed by atoms with Crippen molar-refractivity contribution in [3.05, 3.63) is 53.6 Å². The Bertz CT molecular complexity index is 1150. The van der Waals surface area contributed by atoms with Crippen LogP contribution in [-0.4, -0.2) is 60.3 Å². The van der Waals surface area contributed by atoms with E-state index in [0.29, 0.717) is 48.6 Å². The number of rotatable bonds is 6. The van der Waals surface area contributed by atoms with E-state index in [9.17, 15) is 25.2 Å². The summed E-state index contributed by atoms with van der Waals surface area (Å²) in [6.45, 7) is 1.57. The summed E-state index contributed by atoms with van der Waals surface area (Å²) in [5.41, 5.74) is 1.80. The molecule has 168 valence electrons. The Kier molecular flexibility index (Phi) is 6.55. The maximum atomic E-state index is 12.9. The first-order chi connectivity index (χ1) is 16.0. The maximum absolute atomic E-state index is 12.9. The third-order valence-electron chi connectivity index (χ3n) is 6.04. The van der Waals surface area contributed by atoms with Gasteiger partial charge < -0.3 is 20.1 Å². The molecular formula is C24H23N5O4. The second-order valence-electron chi connectivity index (χ2n) is 8.06. The number of fused-ring (bicyclic) bond motifs is 1. The Balaban J connectivity index is 1.46. The lowest BCUT2D eigenvalue weighted by Crippen LogP contribution is -2.64. The fraction of sp³-hybridized carbons (Fsp3) is 0.333. The van der Waals surface area contributed by atoms with Crippen LogP contribution < -0.4 is 15.4 Å². The normalized spacial score (nSPS) is 22.1. The quantitative estimate of drug-likeness (QED) is 0.609. The van der Waals surface area contributed by atoms with Crippen molar-refractivity contribution in [1.82, 2.24) is 15.5 Å². The minimum Gasteiger partial charge on any atom is -0.491 e. The average molecular weight is 445 g/mol. The minimum atomic E-state index is -1.04. The largest absolute Gasteiger partial charge is 0.491 e. The highest BCUT2D eigenvalue weighted by Gasteiger charge is 2.40. The smallest absolute Gasteiger partial charge is 0.335 e. The minimum absolute atomic E-state index is 0.0123. The summed E-state index contributed by atoms with van der Waals surface area (Å²) in [7, 11) is 0. The van der Waals surface area contributed by atoms with Gasteiger partial charge in [0.25, 0.3) is 0 Å². The van der Waals surface area contributed by atoms with Crippen LogP contribution in [0.1, 0.15) is 22.3 Å². The van der Waals surface area contributed by atoms with Crippen LogP contribution in [0, 0.1) is 28.6 Å². The molecule has 1 amide bonds. The molecule has 33 heavy (non-hydrogen) atoms. The number of piperidine rings is 1. The third-order valence-corrected chi connectivity index (χ3v) is 6.04. The average Bonchev–Trinajstić information content (AvgIpc) is 2.85. The van der Waals surface area contributed by atoms with Crippen LogP contribution in [-0.2, 0) is 4.79 Å². The summed E-state index contributed by atoms with van der Waals surface area (Å²) in [6.07, 6.45) is 0.476. The van der Waals surface area contributed by atoms with E-state index < -0.39 is 5.97 Å². The fourth-order valence-corrected chi connectivity index (χ4v) is 4.26. The number of nitrogens with one attached hydrogen (secondary N) is 2. The molecule has 9 heteroatoms. The molecule has 0 bridgehead atoms. The number of nitriles is 2.